The minimum absolute atomic E-state index is 0.0917. The molecule has 2 unspecified atom stereocenters. The quantitative estimate of drug-likeness (QED) is 0.801. The number of H-pyrrole nitrogens is 1. The van der Waals surface area contributed by atoms with Gasteiger partial charge in [0, 0.05) is 43.5 Å². The lowest BCUT2D eigenvalue weighted by atomic mass is 9.87. The van der Waals surface area contributed by atoms with Gasteiger partial charge in [0.05, 0.1) is 0 Å². The molecular weight excluding hydrogens is 404 g/mol. The van der Waals surface area contributed by atoms with Crippen LogP contribution in [0.15, 0.2) is 24.5 Å². The highest BCUT2D eigenvalue weighted by Gasteiger charge is 2.46. The van der Waals surface area contributed by atoms with Gasteiger partial charge in [-0.3, -0.25) is 0 Å². The fourth-order valence-electron chi connectivity index (χ4n) is 4.42. The number of pyridine rings is 1. The van der Waals surface area contributed by atoms with Crippen molar-refractivity contribution < 1.29 is 17.9 Å². The molecule has 2 fully saturated rings. The monoisotopic (exact) mass is 434 g/mol. The number of aromatic nitrogens is 2. The molecule has 2 aliphatic rings. The minimum Gasteiger partial charge on any atom is -0.444 e. The molecule has 2 atom stereocenters. The van der Waals surface area contributed by atoms with Crippen molar-refractivity contribution in [2.45, 2.75) is 63.3 Å². The Hall–Kier alpha value is -2.13. The molecule has 9 heteroatoms. The van der Waals surface area contributed by atoms with E-state index in [0.29, 0.717) is 12.5 Å². The van der Waals surface area contributed by atoms with Crippen LogP contribution in [-0.2, 0) is 14.8 Å². The molecule has 2 saturated heterocycles. The largest absolute Gasteiger partial charge is 0.444 e. The molecule has 2 aromatic rings. The van der Waals surface area contributed by atoms with Gasteiger partial charge in [0.2, 0.25) is 10.0 Å². The molecule has 164 valence electrons. The lowest BCUT2D eigenvalue weighted by Crippen LogP contribution is -2.62. The summed E-state index contributed by atoms with van der Waals surface area (Å²) in [7, 11) is -3.46. The number of hydrogen-bond donors (Lipinski definition) is 1. The van der Waals surface area contributed by atoms with E-state index in [1.807, 2.05) is 19.2 Å². The van der Waals surface area contributed by atoms with Crippen LogP contribution >= 0.6 is 0 Å². The molecule has 1 amide bonds. The molecule has 1 N–H and O–H groups in total. The van der Waals surface area contributed by atoms with Gasteiger partial charge in [-0.05, 0) is 64.2 Å². The standard InChI is InChI=1S/C21H30N4O4S/c1-14-10-15(18-11-23-19-17(18)6-5-8-22-19)7-9-25(14)30(27,28)16-12-24(13-16)20(26)29-21(2,3)4/h5-6,8,11,14-16H,7,9-10,12-13H2,1-4H3,(H,22,23). The summed E-state index contributed by atoms with van der Waals surface area (Å²) >= 11 is 0. The van der Waals surface area contributed by atoms with Crippen LogP contribution in [0.5, 0.6) is 0 Å². The van der Waals surface area contributed by atoms with Crippen molar-refractivity contribution >= 4 is 27.1 Å². The van der Waals surface area contributed by atoms with Crippen LogP contribution in [0, 0.1) is 0 Å². The maximum absolute atomic E-state index is 13.2. The number of amides is 1. The molecule has 4 rings (SSSR count). The molecule has 0 spiro atoms. The second-order valence-corrected chi connectivity index (χ2v) is 11.5. The predicted molar refractivity (Wildman–Crippen MR) is 115 cm³/mol. The van der Waals surface area contributed by atoms with Crippen LogP contribution in [0.2, 0.25) is 0 Å². The smallest absolute Gasteiger partial charge is 0.410 e. The number of fused-ring (bicyclic) bond motifs is 1. The summed E-state index contributed by atoms with van der Waals surface area (Å²) < 4.78 is 33.3. The Labute approximate surface area is 177 Å². The van der Waals surface area contributed by atoms with E-state index < -0.39 is 27.0 Å². The van der Waals surface area contributed by atoms with Crippen LogP contribution in [0.25, 0.3) is 11.0 Å². The number of piperidine rings is 1. The fraction of sp³-hybridized carbons (Fsp3) is 0.619. The summed E-state index contributed by atoms with van der Waals surface area (Å²) in [5, 5.41) is 0.555. The third-order valence-electron chi connectivity index (χ3n) is 5.99. The lowest BCUT2D eigenvalue weighted by Gasteiger charge is -2.44. The maximum atomic E-state index is 13.2. The zero-order valence-electron chi connectivity index (χ0n) is 18.0. The first-order chi connectivity index (χ1) is 14.1. The highest BCUT2D eigenvalue weighted by Crippen LogP contribution is 2.37. The van der Waals surface area contributed by atoms with E-state index in [1.54, 1.807) is 31.3 Å². The van der Waals surface area contributed by atoms with Crippen molar-refractivity contribution in [3.8, 4) is 0 Å². The average Bonchev–Trinajstić information content (AvgIpc) is 3.02. The third kappa shape index (κ3) is 3.92. The van der Waals surface area contributed by atoms with Crippen molar-refractivity contribution in [3.63, 3.8) is 0 Å². The summed E-state index contributed by atoms with van der Waals surface area (Å²) in [5.41, 5.74) is 1.49. The Balaban J connectivity index is 1.39. The molecule has 0 radical (unpaired) electrons. The van der Waals surface area contributed by atoms with Gasteiger partial charge in [-0.25, -0.2) is 18.2 Å². The lowest BCUT2D eigenvalue weighted by molar-refractivity contribution is 0.0134. The van der Waals surface area contributed by atoms with Crippen molar-refractivity contribution in [1.29, 1.82) is 0 Å². The number of likely N-dealkylation sites (tertiary alicyclic amines) is 1. The van der Waals surface area contributed by atoms with Crippen molar-refractivity contribution in [3.05, 3.63) is 30.1 Å². The molecule has 0 saturated carbocycles. The summed E-state index contributed by atoms with van der Waals surface area (Å²) in [6.45, 7) is 8.25. The SMILES string of the molecule is CC1CC(c2c[nH]c3ncccc23)CCN1S(=O)(=O)C1CN(C(=O)OC(C)(C)C)C1. The summed E-state index contributed by atoms with van der Waals surface area (Å²) in [5.74, 6) is 0.295. The number of nitrogens with zero attached hydrogens (tertiary/aromatic N) is 3. The molecule has 8 nitrogen and oxygen atoms in total. The van der Waals surface area contributed by atoms with Crippen molar-refractivity contribution in [2.24, 2.45) is 0 Å². The first kappa shape index (κ1) is 21.1. The van der Waals surface area contributed by atoms with E-state index in [2.05, 4.69) is 16.0 Å². The average molecular weight is 435 g/mol. The summed E-state index contributed by atoms with van der Waals surface area (Å²) in [6, 6.07) is 3.89. The number of hydrogen-bond acceptors (Lipinski definition) is 5. The normalized spacial score (nSPS) is 24.1. The zero-order chi connectivity index (χ0) is 21.7. The molecule has 0 aliphatic carbocycles. The first-order valence-electron chi connectivity index (χ1n) is 10.5. The Morgan fingerprint density at radius 2 is 2.03 bits per heavy atom. The van der Waals surface area contributed by atoms with E-state index >= 15 is 0 Å². The number of aromatic amines is 1. The zero-order valence-corrected chi connectivity index (χ0v) is 18.8. The van der Waals surface area contributed by atoms with Crippen LogP contribution in [0.1, 0.15) is 52.0 Å². The summed E-state index contributed by atoms with van der Waals surface area (Å²) in [6.07, 6.45) is 4.86. The molecule has 2 aliphatic heterocycles. The van der Waals surface area contributed by atoms with E-state index in [9.17, 15) is 13.2 Å². The number of carbonyl (C=O) groups excluding carboxylic acids is 1. The molecular formula is C21H30N4O4S. The van der Waals surface area contributed by atoms with Gasteiger partial charge in [-0.15, -0.1) is 0 Å². The van der Waals surface area contributed by atoms with Gasteiger partial charge in [-0.2, -0.15) is 4.31 Å². The van der Waals surface area contributed by atoms with E-state index in [1.165, 1.54) is 10.5 Å². The number of sulfonamides is 1. The van der Waals surface area contributed by atoms with E-state index in [-0.39, 0.29) is 19.1 Å². The van der Waals surface area contributed by atoms with Gasteiger partial charge in [0.15, 0.2) is 0 Å². The van der Waals surface area contributed by atoms with Gasteiger partial charge in [-0.1, -0.05) is 0 Å². The van der Waals surface area contributed by atoms with Crippen LogP contribution < -0.4 is 0 Å². The first-order valence-corrected chi connectivity index (χ1v) is 12.0. The summed E-state index contributed by atoms with van der Waals surface area (Å²) in [4.78, 5) is 21.2. The van der Waals surface area contributed by atoms with Gasteiger partial charge in [0.1, 0.15) is 16.5 Å². The highest BCUT2D eigenvalue weighted by molar-refractivity contribution is 7.89. The van der Waals surface area contributed by atoms with Crippen molar-refractivity contribution in [2.75, 3.05) is 19.6 Å². The Bertz CT molecular complexity index is 1040. The fourth-order valence-corrected chi connectivity index (χ4v) is 6.49. The molecule has 4 heterocycles. The Kier molecular flexibility index (Phi) is 5.30. The van der Waals surface area contributed by atoms with Crippen molar-refractivity contribution in [1.82, 2.24) is 19.2 Å². The van der Waals surface area contributed by atoms with Crippen LogP contribution in [0.3, 0.4) is 0 Å². The number of rotatable bonds is 3. The predicted octanol–water partition coefficient (Wildman–Crippen LogP) is 3.08. The second kappa shape index (κ2) is 7.53. The third-order valence-corrected chi connectivity index (χ3v) is 8.32. The van der Waals surface area contributed by atoms with Gasteiger partial charge in [0.25, 0.3) is 0 Å². The number of nitrogens with one attached hydrogen (secondary N) is 1. The number of ether oxygens (including phenoxy) is 1. The maximum Gasteiger partial charge on any atom is 0.410 e. The van der Waals surface area contributed by atoms with Crippen LogP contribution in [0.4, 0.5) is 4.79 Å². The van der Waals surface area contributed by atoms with E-state index in [4.69, 9.17) is 4.74 Å². The van der Waals surface area contributed by atoms with Gasteiger partial charge < -0.3 is 14.6 Å². The topological polar surface area (TPSA) is 95.6 Å². The Morgan fingerprint density at radius 3 is 2.70 bits per heavy atom. The molecule has 2 aromatic heterocycles. The minimum atomic E-state index is -3.46. The Morgan fingerprint density at radius 1 is 1.30 bits per heavy atom. The second-order valence-electron chi connectivity index (χ2n) is 9.38. The van der Waals surface area contributed by atoms with Crippen LogP contribution in [-0.4, -0.2) is 70.2 Å². The molecule has 0 aromatic carbocycles. The molecule has 0 bridgehead atoms. The highest BCUT2D eigenvalue weighted by atomic mass is 32.2. The molecule has 30 heavy (non-hydrogen) atoms. The van der Waals surface area contributed by atoms with E-state index in [0.717, 1.165) is 23.9 Å². The van der Waals surface area contributed by atoms with Gasteiger partial charge >= 0.3 is 6.09 Å². The number of carbonyl (C=O) groups is 1.